The second kappa shape index (κ2) is 23.6. The first kappa shape index (κ1) is 46.4. The van der Waals surface area contributed by atoms with Gasteiger partial charge in [-0.25, -0.2) is 0 Å². The molecular formula is C35H67N5O7. The SMILES string of the molecule is CC(C)C(=O)NC(C)(C)C#N.CC(C)C(=O)NC1CCCC(O)C1.CC(C)C(=O)NCCC1(O)CC1.CC(O)CCNC(=O)C(C)C. The van der Waals surface area contributed by atoms with E-state index in [1.54, 1.807) is 34.6 Å². The summed E-state index contributed by atoms with van der Waals surface area (Å²) >= 11 is 0. The fourth-order valence-corrected chi connectivity index (χ4v) is 3.77. The number of nitriles is 1. The maximum Gasteiger partial charge on any atom is 0.223 e. The van der Waals surface area contributed by atoms with Gasteiger partial charge in [0.1, 0.15) is 5.54 Å². The van der Waals surface area contributed by atoms with Crippen molar-refractivity contribution in [3.63, 3.8) is 0 Å². The van der Waals surface area contributed by atoms with Crippen LogP contribution in [0.5, 0.6) is 0 Å². The highest BCUT2D eigenvalue weighted by molar-refractivity contribution is 5.79. The predicted octanol–water partition coefficient (Wildman–Crippen LogP) is 3.33. The molecule has 2 fully saturated rings. The molecule has 3 atom stereocenters. The first-order valence-corrected chi connectivity index (χ1v) is 17.2. The third-order valence-corrected chi connectivity index (χ3v) is 7.38. The Morgan fingerprint density at radius 3 is 1.66 bits per heavy atom. The number of hydrogen-bond donors (Lipinski definition) is 7. The number of carbonyl (C=O) groups is 4. The van der Waals surface area contributed by atoms with Crippen molar-refractivity contribution in [2.24, 2.45) is 23.7 Å². The standard InChI is InChI=1S/C10H19NO2.C9H17NO2.C8H14N2O.C8H17NO2/c1-7(2)10(13)11-8-4-3-5-9(12)6-8;1-7(2)8(11)10-6-5-9(12)3-4-9;1-6(2)7(11)10-8(3,4)5-9;1-6(2)8(11)9-5-4-7(3)10/h7-9,12H,3-6H2,1-2H3,(H,11,13);7,12H,3-6H2,1-2H3,(H,10,11);6H,1-4H3,(H,10,11);6-7,10H,4-5H2,1-3H3,(H,9,11). The molecule has 0 spiro atoms. The summed E-state index contributed by atoms with van der Waals surface area (Å²) in [6.07, 6.45) is 6.19. The van der Waals surface area contributed by atoms with Crippen molar-refractivity contribution in [1.82, 2.24) is 21.3 Å². The van der Waals surface area contributed by atoms with Gasteiger partial charge in [-0.2, -0.15) is 5.26 Å². The maximum absolute atomic E-state index is 11.3. The second-order valence-corrected chi connectivity index (χ2v) is 14.6. The Labute approximate surface area is 284 Å². The van der Waals surface area contributed by atoms with Gasteiger partial charge in [-0.05, 0) is 72.1 Å². The number of aliphatic hydroxyl groups excluding tert-OH is 2. The zero-order valence-electron chi connectivity index (χ0n) is 31.0. The smallest absolute Gasteiger partial charge is 0.223 e. The average molecular weight is 670 g/mol. The van der Waals surface area contributed by atoms with Crippen LogP contribution in [0.3, 0.4) is 0 Å². The maximum atomic E-state index is 11.3. The lowest BCUT2D eigenvalue weighted by Crippen LogP contribution is -2.43. The minimum absolute atomic E-state index is 0.0315. The van der Waals surface area contributed by atoms with Gasteiger partial charge in [-0.15, -0.1) is 0 Å². The molecular weight excluding hydrogens is 602 g/mol. The highest BCUT2D eigenvalue weighted by Gasteiger charge is 2.39. The molecule has 3 unspecified atom stereocenters. The van der Waals surface area contributed by atoms with E-state index >= 15 is 0 Å². The molecule has 4 amide bonds. The molecule has 2 aliphatic rings. The van der Waals surface area contributed by atoms with Crippen LogP contribution in [0, 0.1) is 35.0 Å². The Morgan fingerprint density at radius 1 is 0.809 bits per heavy atom. The summed E-state index contributed by atoms with van der Waals surface area (Å²) in [5, 5.41) is 47.3. The van der Waals surface area contributed by atoms with E-state index in [1.165, 1.54) is 0 Å². The summed E-state index contributed by atoms with van der Waals surface area (Å²) in [4.78, 5) is 44.4. The van der Waals surface area contributed by atoms with Gasteiger partial charge in [-0.1, -0.05) is 55.4 Å². The van der Waals surface area contributed by atoms with E-state index in [2.05, 4.69) is 21.3 Å². The van der Waals surface area contributed by atoms with Gasteiger partial charge in [0.15, 0.2) is 0 Å². The van der Waals surface area contributed by atoms with Gasteiger partial charge in [0.05, 0.1) is 23.9 Å². The zero-order chi connectivity index (χ0) is 37.0. The quantitative estimate of drug-likeness (QED) is 0.164. The molecule has 0 radical (unpaired) electrons. The first-order valence-electron chi connectivity index (χ1n) is 17.2. The third kappa shape index (κ3) is 26.0. The number of rotatable bonds is 12. The molecule has 2 saturated carbocycles. The van der Waals surface area contributed by atoms with Crippen LogP contribution in [0.25, 0.3) is 0 Å². The van der Waals surface area contributed by atoms with Gasteiger partial charge < -0.3 is 36.6 Å². The van der Waals surface area contributed by atoms with E-state index in [0.717, 1.165) is 38.5 Å². The van der Waals surface area contributed by atoms with Crippen molar-refractivity contribution >= 4 is 23.6 Å². The molecule has 0 bridgehead atoms. The van der Waals surface area contributed by atoms with E-state index in [4.69, 9.17) is 10.4 Å². The van der Waals surface area contributed by atoms with E-state index < -0.39 is 11.1 Å². The van der Waals surface area contributed by atoms with Crippen LogP contribution in [-0.2, 0) is 19.2 Å². The van der Waals surface area contributed by atoms with E-state index in [0.29, 0.717) is 25.9 Å². The van der Waals surface area contributed by atoms with E-state index in [9.17, 15) is 29.4 Å². The number of aliphatic hydroxyl groups is 3. The fraction of sp³-hybridized carbons (Fsp3) is 0.857. The number of amides is 4. The molecule has 7 N–H and O–H groups in total. The van der Waals surface area contributed by atoms with Gasteiger partial charge in [0.25, 0.3) is 0 Å². The van der Waals surface area contributed by atoms with Crippen molar-refractivity contribution in [2.45, 2.75) is 157 Å². The van der Waals surface area contributed by atoms with Crippen LogP contribution in [-0.4, -0.2) is 81.4 Å². The minimum Gasteiger partial charge on any atom is -0.393 e. The van der Waals surface area contributed by atoms with Gasteiger partial charge >= 0.3 is 0 Å². The Balaban J connectivity index is 0. The average Bonchev–Trinajstić information content (AvgIpc) is 3.70. The second-order valence-electron chi connectivity index (χ2n) is 14.6. The summed E-state index contributed by atoms with van der Waals surface area (Å²) in [6.45, 7) is 21.0. The topological polar surface area (TPSA) is 201 Å². The third-order valence-electron chi connectivity index (χ3n) is 7.38. The molecule has 0 aromatic rings. The van der Waals surface area contributed by atoms with Crippen molar-refractivity contribution in [3.8, 4) is 6.07 Å². The van der Waals surface area contributed by atoms with Crippen molar-refractivity contribution in [3.05, 3.63) is 0 Å². The molecule has 12 heteroatoms. The van der Waals surface area contributed by atoms with E-state index in [1.807, 2.05) is 47.6 Å². The highest BCUT2D eigenvalue weighted by atomic mass is 16.3. The molecule has 12 nitrogen and oxygen atoms in total. The van der Waals surface area contributed by atoms with Gasteiger partial charge in [0.2, 0.25) is 23.6 Å². The molecule has 0 heterocycles. The molecule has 2 rings (SSSR count). The Bertz CT molecular complexity index is 970. The van der Waals surface area contributed by atoms with Crippen LogP contribution < -0.4 is 21.3 Å². The van der Waals surface area contributed by atoms with Gasteiger partial charge in [0, 0.05) is 42.8 Å². The van der Waals surface area contributed by atoms with Crippen LogP contribution in [0.1, 0.15) is 128 Å². The van der Waals surface area contributed by atoms with Crippen LogP contribution in [0.2, 0.25) is 0 Å². The summed E-state index contributed by atoms with van der Waals surface area (Å²) in [6, 6.07) is 2.19. The highest BCUT2D eigenvalue weighted by Crippen LogP contribution is 2.37. The molecule has 0 aliphatic heterocycles. The molecule has 0 saturated heterocycles. The van der Waals surface area contributed by atoms with Crippen LogP contribution >= 0.6 is 0 Å². The lowest BCUT2D eigenvalue weighted by molar-refractivity contribution is -0.125. The molecule has 0 aromatic carbocycles. The lowest BCUT2D eigenvalue weighted by Gasteiger charge is -2.27. The normalized spacial score (nSPS) is 18.6. The fourth-order valence-electron chi connectivity index (χ4n) is 3.77. The predicted molar refractivity (Wildman–Crippen MR) is 185 cm³/mol. The molecule has 274 valence electrons. The zero-order valence-corrected chi connectivity index (χ0v) is 31.0. The monoisotopic (exact) mass is 670 g/mol. The number of hydrogen-bond acceptors (Lipinski definition) is 8. The lowest BCUT2D eigenvalue weighted by atomic mass is 9.92. The van der Waals surface area contributed by atoms with Crippen LogP contribution in [0.15, 0.2) is 0 Å². The molecule has 0 aromatic heterocycles. The van der Waals surface area contributed by atoms with Gasteiger partial charge in [-0.3, -0.25) is 19.2 Å². The minimum atomic E-state index is -0.749. The van der Waals surface area contributed by atoms with Crippen molar-refractivity contribution < 1.29 is 34.5 Å². The number of nitrogens with zero attached hydrogens (tertiary/aromatic N) is 1. The Morgan fingerprint density at radius 2 is 1.28 bits per heavy atom. The summed E-state index contributed by atoms with van der Waals surface area (Å²) in [5.41, 5.74) is -1.19. The number of carbonyl (C=O) groups excluding carboxylic acids is 4. The Hall–Kier alpha value is -2.75. The van der Waals surface area contributed by atoms with E-state index in [-0.39, 0.29) is 65.6 Å². The Kier molecular flexibility index (Phi) is 23.2. The van der Waals surface area contributed by atoms with Crippen molar-refractivity contribution in [2.75, 3.05) is 13.1 Å². The summed E-state index contributed by atoms with van der Waals surface area (Å²) in [5.74, 6) is 0.171. The van der Waals surface area contributed by atoms with Crippen molar-refractivity contribution in [1.29, 1.82) is 5.26 Å². The molecule has 47 heavy (non-hydrogen) atoms. The molecule has 2 aliphatic carbocycles. The largest absolute Gasteiger partial charge is 0.393 e. The first-order chi connectivity index (χ1) is 21.6. The van der Waals surface area contributed by atoms with Crippen LogP contribution in [0.4, 0.5) is 0 Å². The number of nitrogens with one attached hydrogen (secondary N) is 4. The summed E-state index contributed by atoms with van der Waals surface area (Å²) < 4.78 is 0. The summed E-state index contributed by atoms with van der Waals surface area (Å²) in [7, 11) is 0.